The van der Waals surface area contributed by atoms with Crippen LogP contribution in [0.3, 0.4) is 0 Å². The summed E-state index contributed by atoms with van der Waals surface area (Å²) in [5.74, 6) is -1.85. The third kappa shape index (κ3) is 4.76. The number of esters is 1. The second-order valence-electron chi connectivity index (χ2n) is 7.14. The van der Waals surface area contributed by atoms with Crippen molar-refractivity contribution in [3.05, 3.63) is 45.3 Å². The van der Waals surface area contributed by atoms with Gasteiger partial charge in [-0.25, -0.2) is 12.8 Å². The van der Waals surface area contributed by atoms with Gasteiger partial charge in [0.05, 0.1) is 21.2 Å². The molecule has 8 nitrogen and oxygen atoms in total. The van der Waals surface area contributed by atoms with E-state index in [1.807, 2.05) is 0 Å². The molecule has 1 unspecified atom stereocenters. The predicted molar refractivity (Wildman–Crippen MR) is 123 cm³/mol. The van der Waals surface area contributed by atoms with E-state index in [1.54, 1.807) is 13.0 Å². The summed E-state index contributed by atoms with van der Waals surface area (Å²) >= 11 is 7.85. The van der Waals surface area contributed by atoms with Gasteiger partial charge in [-0.15, -0.1) is 11.3 Å². The molecule has 2 aromatic heterocycles. The second kappa shape index (κ2) is 9.63. The van der Waals surface area contributed by atoms with Crippen LogP contribution in [-0.2, 0) is 30.9 Å². The molecule has 1 fully saturated rings. The van der Waals surface area contributed by atoms with Crippen molar-refractivity contribution in [1.82, 2.24) is 8.87 Å². The minimum atomic E-state index is -3.92. The lowest BCUT2D eigenvalue weighted by Gasteiger charge is -2.20. The van der Waals surface area contributed by atoms with Crippen molar-refractivity contribution in [2.75, 3.05) is 13.2 Å². The van der Waals surface area contributed by atoms with Gasteiger partial charge < -0.3 is 9.30 Å². The molecule has 3 aromatic rings. The summed E-state index contributed by atoms with van der Waals surface area (Å²) in [4.78, 5) is 29.5. The predicted octanol–water partition coefficient (Wildman–Crippen LogP) is 3.40. The Bertz CT molecular complexity index is 1400. The van der Waals surface area contributed by atoms with E-state index >= 15 is 0 Å². The van der Waals surface area contributed by atoms with Gasteiger partial charge in [0.2, 0.25) is 0 Å². The van der Waals surface area contributed by atoms with Gasteiger partial charge in [-0.2, -0.15) is 9.30 Å². The maximum absolute atomic E-state index is 14.6. The highest BCUT2D eigenvalue weighted by molar-refractivity contribution is 7.91. The molecule has 3 heterocycles. The number of hydrogen-bond donors (Lipinski definition) is 0. The Labute approximate surface area is 201 Å². The van der Waals surface area contributed by atoms with Gasteiger partial charge in [0.15, 0.2) is 4.80 Å². The van der Waals surface area contributed by atoms with E-state index in [0.29, 0.717) is 21.9 Å². The number of carbonyl (C=O) groups is 2. The van der Waals surface area contributed by atoms with Crippen molar-refractivity contribution >= 4 is 66.4 Å². The first-order chi connectivity index (χ1) is 15.7. The third-order valence-corrected chi connectivity index (χ3v) is 9.70. The maximum Gasteiger partial charge on any atom is 0.326 e. The molecule has 0 N–H and O–H groups in total. The Morgan fingerprint density at radius 2 is 2.06 bits per heavy atom. The summed E-state index contributed by atoms with van der Waals surface area (Å²) in [6.07, 6.45) is 0.798. The molecule has 176 valence electrons. The smallest absolute Gasteiger partial charge is 0.326 e. The monoisotopic (exact) mass is 531 g/mol. The Morgan fingerprint density at radius 1 is 1.27 bits per heavy atom. The highest BCUT2D eigenvalue weighted by Gasteiger charge is 2.40. The molecule has 0 radical (unpaired) electrons. The number of halogens is 2. The summed E-state index contributed by atoms with van der Waals surface area (Å²) in [6, 6.07) is 6.32. The SMILES string of the molecule is CCOC(=O)Cn1c(=NC(=O)C2CCCN2S(=O)(=O)c2ccc(Cl)s2)sc2cccc(F)c21. The Kier molecular flexibility index (Phi) is 7.01. The number of benzene rings is 1. The van der Waals surface area contributed by atoms with E-state index in [9.17, 15) is 22.4 Å². The zero-order valence-electron chi connectivity index (χ0n) is 17.4. The number of amides is 1. The topological polar surface area (TPSA) is 98.0 Å². The summed E-state index contributed by atoms with van der Waals surface area (Å²) < 4.78 is 48.9. The first kappa shape index (κ1) is 24.0. The average molecular weight is 532 g/mol. The quantitative estimate of drug-likeness (QED) is 0.454. The van der Waals surface area contributed by atoms with E-state index in [-0.39, 0.29) is 34.2 Å². The van der Waals surface area contributed by atoms with Gasteiger partial charge >= 0.3 is 5.97 Å². The number of para-hydroxylation sites is 1. The van der Waals surface area contributed by atoms with Crippen LogP contribution in [0.1, 0.15) is 19.8 Å². The van der Waals surface area contributed by atoms with Crippen molar-refractivity contribution in [3.63, 3.8) is 0 Å². The zero-order chi connectivity index (χ0) is 23.8. The van der Waals surface area contributed by atoms with Crippen molar-refractivity contribution < 1.29 is 27.1 Å². The fourth-order valence-electron chi connectivity index (χ4n) is 3.65. The number of thiazole rings is 1. The largest absolute Gasteiger partial charge is 0.465 e. The molecule has 13 heteroatoms. The Morgan fingerprint density at radius 3 is 2.76 bits per heavy atom. The minimum absolute atomic E-state index is 0.0495. The Hall–Kier alpha value is -2.12. The first-order valence-electron chi connectivity index (χ1n) is 10.0. The molecule has 33 heavy (non-hydrogen) atoms. The van der Waals surface area contributed by atoms with E-state index in [1.165, 1.54) is 28.8 Å². The van der Waals surface area contributed by atoms with Crippen molar-refractivity contribution in [2.24, 2.45) is 4.99 Å². The highest BCUT2D eigenvalue weighted by Crippen LogP contribution is 2.32. The van der Waals surface area contributed by atoms with E-state index in [2.05, 4.69) is 4.99 Å². The van der Waals surface area contributed by atoms with Crippen LogP contribution in [0, 0.1) is 5.82 Å². The normalized spacial score (nSPS) is 17.7. The number of rotatable bonds is 6. The van der Waals surface area contributed by atoms with Gasteiger partial charge in [0.1, 0.15) is 22.6 Å². The van der Waals surface area contributed by atoms with Crippen molar-refractivity contribution in [1.29, 1.82) is 0 Å². The van der Waals surface area contributed by atoms with Crippen LogP contribution in [-0.4, -0.2) is 48.4 Å². The highest BCUT2D eigenvalue weighted by atomic mass is 35.5. The molecule has 0 saturated carbocycles. The standard InChI is InChI=1S/C20H19ClFN3O5S3/c1-2-30-16(26)11-24-18-12(22)5-3-7-14(18)31-20(24)23-19(27)13-6-4-10-25(13)33(28,29)17-9-8-15(21)32-17/h3,5,7-9,13H,2,4,6,10-11H2,1H3. The number of sulfonamides is 1. The van der Waals surface area contributed by atoms with E-state index in [0.717, 1.165) is 27.0 Å². The minimum Gasteiger partial charge on any atom is -0.465 e. The fourth-order valence-corrected chi connectivity index (χ4v) is 7.96. The van der Waals surface area contributed by atoms with Gasteiger partial charge in [0.25, 0.3) is 15.9 Å². The fraction of sp³-hybridized carbons (Fsp3) is 0.350. The van der Waals surface area contributed by atoms with Gasteiger partial charge in [-0.05, 0) is 44.0 Å². The average Bonchev–Trinajstić information content (AvgIpc) is 3.48. The van der Waals surface area contributed by atoms with Crippen molar-refractivity contribution in [3.8, 4) is 0 Å². The number of aromatic nitrogens is 1. The molecular formula is C20H19ClFN3O5S3. The number of hydrogen-bond acceptors (Lipinski definition) is 7. The molecule has 1 saturated heterocycles. The lowest BCUT2D eigenvalue weighted by atomic mass is 10.2. The molecule has 0 bridgehead atoms. The van der Waals surface area contributed by atoms with Crippen LogP contribution in [0.4, 0.5) is 4.39 Å². The first-order valence-corrected chi connectivity index (χ1v) is 13.5. The number of nitrogens with zero attached hydrogens (tertiary/aromatic N) is 3. The van der Waals surface area contributed by atoms with E-state index in [4.69, 9.17) is 16.3 Å². The zero-order valence-corrected chi connectivity index (χ0v) is 20.6. The van der Waals surface area contributed by atoms with Crippen LogP contribution in [0.15, 0.2) is 39.5 Å². The van der Waals surface area contributed by atoms with Crippen LogP contribution >= 0.6 is 34.3 Å². The molecule has 1 aliphatic heterocycles. The van der Waals surface area contributed by atoms with Crippen LogP contribution in [0.2, 0.25) is 4.34 Å². The van der Waals surface area contributed by atoms with Crippen LogP contribution in [0.25, 0.3) is 10.2 Å². The number of carbonyl (C=O) groups excluding carboxylic acids is 2. The van der Waals surface area contributed by atoms with Gasteiger partial charge in [0, 0.05) is 6.54 Å². The third-order valence-electron chi connectivity index (χ3n) is 5.05. The molecule has 1 amide bonds. The summed E-state index contributed by atoms with van der Waals surface area (Å²) in [6.45, 7) is 1.64. The maximum atomic E-state index is 14.6. The summed E-state index contributed by atoms with van der Waals surface area (Å²) in [7, 11) is -3.92. The number of ether oxygens (including phenoxy) is 1. The van der Waals surface area contributed by atoms with Gasteiger partial charge in [-0.3, -0.25) is 9.59 Å². The van der Waals surface area contributed by atoms with Gasteiger partial charge in [-0.1, -0.05) is 29.0 Å². The molecule has 1 aliphatic rings. The Balaban J connectivity index is 1.74. The van der Waals surface area contributed by atoms with Crippen LogP contribution < -0.4 is 4.80 Å². The molecule has 1 aromatic carbocycles. The van der Waals surface area contributed by atoms with Crippen LogP contribution in [0.5, 0.6) is 0 Å². The lowest BCUT2D eigenvalue weighted by Crippen LogP contribution is -2.40. The molecule has 0 aliphatic carbocycles. The number of fused-ring (bicyclic) bond motifs is 1. The molecule has 0 spiro atoms. The lowest BCUT2D eigenvalue weighted by molar-refractivity contribution is -0.143. The van der Waals surface area contributed by atoms with Crippen molar-refractivity contribution in [2.45, 2.75) is 36.6 Å². The summed E-state index contributed by atoms with van der Waals surface area (Å²) in [5.41, 5.74) is 0.131. The summed E-state index contributed by atoms with van der Waals surface area (Å²) in [5, 5.41) is 0. The second-order valence-corrected chi connectivity index (χ2v) is 12.0. The molecular weight excluding hydrogens is 513 g/mol. The molecule has 4 rings (SSSR count). The molecule has 1 atom stereocenters. The van der Waals surface area contributed by atoms with E-state index < -0.39 is 33.8 Å². The number of thiophene rings is 1.